The molecule has 0 saturated heterocycles. The molecule has 0 aromatic heterocycles. The second kappa shape index (κ2) is 4.66. The Morgan fingerprint density at radius 2 is 2.00 bits per heavy atom. The summed E-state index contributed by atoms with van der Waals surface area (Å²) in [5, 5.41) is 9.32. The molecule has 0 aliphatic carbocycles. The first-order valence-electron chi connectivity index (χ1n) is 3.43. The average Bonchev–Trinajstić information content (AvgIpc) is 1.87. The van der Waals surface area contributed by atoms with E-state index in [4.69, 9.17) is 4.74 Å². The zero-order chi connectivity index (χ0) is 8.15. The number of likely N-dealkylation sites (N-methyl/N-ethyl adjacent to an activating group) is 1. The molecule has 0 aromatic rings. The first-order chi connectivity index (χ1) is 4.59. The molecule has 0 heterocycles. The number of ether oxygens (including phenoxy) is 1. The summed E-state index contributed by atoms with van der Waals surface area (Å²) in [4.78, 5) is 1.96. The van der Waals surface area contributed by atoms with Gasteiger partial charge < -0.3 is 14.7 Å². The van der Waals surface area contributed by atoms with Crippen LogP contribution in [0.3, 0.4) is 0 Å². The van der Waals surface area contributed by atoms with Gasteiger partial charge in [-0.25, -0.2) is 0 Å². The van der Waals surface area contributed by atoms with Crippen molar-refractivity contribution in [2.75, 3.05) is 27.8 Å². The van der Waals surface area contributed by atoms with E-state index in [9.17, 15) is 5.11 Å². The van der Waals surface area contributed by atoms with Crippen molar-refractivity contribution in [3.8, 4) is 0 Å². The Bertz CT molecular complexity index is 85.7. The molecule has 0 amide bonds. The third-order valence-electron chi connectivity index (χ3n) is 1.71. The Morgan fingerprint density at radius 1 is 1.50 bits per heavy atom. The van der Waals surface area contributed by atoms with Crippen molar-refractivity contribution in [3.63, 3.8) is 0 Å². The van der Waals surface area contributed by atoms with Crippen molar-refractivity contribution in [2.45, 2.75) is 19.1 Å². The molecule has 0 aromatic carbocycles. The zero-order valence-electron chi connectivity index (χ0n) is 7.16. The highest BCUT2D eigenvalue weighted by Gasteiger charge is 2.14. The van der Waals surface area contributed by atoms with Gasteiger partial charge in [0.25, 0.3) is 0 Å². The molecule has 2 unspecified atom stereocenters. The summed E-state index contributed by atoms with van der Waals surface area (Å²) >= 11 is 0. The molecule has 0 aliphatic rings. The SMILES string of the molecule is COCC(O)C(C)N(C)C. The number of nitrogens with zero attached hydrogens (tertiary/aromatic N) is 1. The van der Waals surface area contributed by atoms with E-state index in [1.807, 2.05) is 25.9 Å². The van der Waals surface area contributed by atoms with E-state index in [2.05, 4.69) is 0 Å². The maximum absolute atomic E-state index is 9.32. The normalized spacial score (nSPS) is 17.4. The van der Waals surface area contributed by atoms with Crippen LogP contribution in [0.1, 0.15) is 6.92 Å². The molecule has 0 bridgehead atoms. The highest BCUT2D eigenvalue weighted by Crippen LogP contribution is 1.98. The first kappa shape index (κ1) is 9.88. The van der Waals surface area contributed by atoms with Gasteiger partial charge in [0.1, 0.15) is 0 Å². The summed E-state index contributed by atoms with van der Waals surface area (Å²) in [7, 11) is 5.46. The maximum Gasteiger partial charge on any atom is 0.0925 e. The topological polar surface area (TPSA) is 32.7 Å². The van der Waals surface area contributed by atoms with E-state index < -0.39 is 0 Å². The average molecular weight is 147 g/mol. The molecule has 3 nitrogen and oxygen atoms in total. The van der Waals surface area contributed by atoms with Crippen LogP contribution >= 0.6 is 0 Å². The Balaban J connectivity index is 3.58. The Hall–Kier alpha value is -0.120. The number of aliphatic hydroxyl groups is 1. The Morgan fingerprint density at radius 3 is 2.30 bits per heavy atom. The van der Waals surface area contributed by atoms with Gasteiger partial charge >= 0.3 is 0 Å². The summed E-state index contributed by atoms with van der Waals surface area (Å²) in [6.45, 7) is 2.36. The van der Waals surface area contributed by atoms with Crippen molar-refractivity contribution < 1.29 is 9.84 Å². The highest BCUT2D eigenvalue weighted by atomic mass is 16.5. The molecule has 0 radical (unpaired) electrons. The van der Waals surface area contributed by atoms with Gasteiger partial charge in [-0.05, 0) is 21.0 Å². The van der Waals surface area contributed by atoms with Gasteiger partial charge in [-0.15, -0.1) is 0 Å². The van der Waals surface area contributed by atoms with Gasteiger partial charge in [-0.2, -0.15) is 0 Å². The Kier molecular flexibility index (Phi) is 4.60. The van der Waals surface area contributed by atoms with Crippen LogP contribution in [0.25, 0.3) is 0 Å². The number of hydrogen-bond acceptors (Lipinski definition) is 3. The second-order valence-electron chi connectivity index (χ2n) is 2.73. The zero-order valence-corrected chi connectivity index (χ0v) is 7.16. The van der Waals surface area contributed by atoms with Crippen molar-refractivity contribution in [3.05, 3.63) is 0 Å². The quantitative estimate of drug-likeness (QED) is 0.605. The molecule has 3 heteroatoms. The van der Waals surface area contributed by atoms with Gasteiger partial charge in [0.05, 0.1) is 12.7 Å². The van der Waals surface area contributed by atoms with E-state index in [1.165, 1.54) is 0 Å². The third-order valence-corrected chi connectivity index (χ3v) is 1.71. The fraction of sp³-hybridized carbons (Fsp3) is 1.00. The number of rotatable bonds is 4. The molecule has 0 fully saturated rings. The smallest absolute Gasteiger partial charge is 0.0925 e. The predicted octanol–water partition coefficient (Wildman–Crippen LogP) is -0.0562. The molecule has 0 spiro atoms. The van der Waals surface area contributed by atoms with E-state index in [1.54, 1.807) is 7.11 Å². The molecule has 0 saturated carbocycles. The molecular formula is C7H17NO2. The molecule has 0 aliphatic heterocycles. The molecule has 10 heavy (non-hydrogen) atoms. The van der Waals surface area contributed by atoms with E-state index in [0.717, 1.165) is 0 Å². The van der Waals surface area contributed by atoms with Gasteiger partial charge in [0.15, 0.2) is 0 Å². The van der Waals surface area contributed by atoms with E-state index >= 15 is 0 Å². The summed E-state index contributed by atoms with van der Waals surface area (Å²) in [6, 6.07) is 0.153. The summed E-state index contributed by atoms with van der Waals surface area (Å²) in [5.41, 5.74) is 0. The van der Waals surface area contributed by atoms with Crippen LogP contribution in [0.5, 0.6) is 0 Å². The monoisotopic (exact) mass is 147 g/mol. The maximum atomic E-state index is 9.32. The fourth-order valence-corrected chi connectivity index (χ4v) is 0.654. The van der Waals surface area contributed by atoms with Gasteiger partial charge in [0.2, 0.25) is 0 Å². The fourth-order valence-electron chi connectivity index (χ4n) is 0.654. The van der Waals surface area contributed by atoms with Crippen LogP contribution in [-0.2, 0) is 4.74 Å². The van der Waals surface area contributed by atoms with Crippen molar-refractivity contribution >= 4 is 0 Å². The van der Waals surface area contributed by atoms with Crippen LogP contribution in [-0.4, -0.2) is 50.0 Å². The number of methoxy groups -OCH3 is 1. The van der Waals surface area contributed by atoms with Crippen molar-refractivity contribution in [1.82, 2.24) is 4.90 Å². The van der Waals surface area contributed by atoms with Crippen molar-refractivity contribution in [1.29, 1.82) is 0 Å². The van der Waals surface area contributed by atoms with E-state index in [-0.39, 0.29) is 12.1 Å². The number of hydrogen-bond donors (Lipinski definition) is 1. The second-order valence-corrected chi connectivity index (χ2v) is 2.73. The summed E-state index contributed by atoms with van der Waals surface area (Å²) < 4.78 is 4.80. The lowest BCUT2D eigenvalue weighted by Crippen LogP contribution is -2.38. The van der Waals surface area contributed by atoms with Crippen molar-refractivity contribution in [2.24, 2.45) is 0 Å². The minimum Gasteiger partial charge on any atom is -0.389 e. The highest BCUT2D eigenvalue weighted by molar-refractivity contribution is 4.69. The van der Waals surface area contributed by atoms with Crippen LogP contribution in [0, 0.1) is 0 Å². The lowest BCUT2D eigenvalue weighted by Gasteiger charge is -2.24. The van der Waals surface area contributed by atoms with Gasteiger partial charge in [-0.3, -0.25) is 0 Å². The van der Waals surface area contributed by atoms with Gasteiger partial charge in [-0.1, -0.05) is 0 Å². The Labute approximate surface area is 62.6 Å². The minimum absolute atomic E-state index is 0.153. The molecule has 62 valence electrons. The standard InChI is InChI=1S/C7H17NO2/c1-6(8(2)3)7(9)5-10-4/h6-7,9H,5H2,1-4H3. The molecule has 2 atom stereocenters. The van der Waals surface area contributed by atoms with Crippen LogP contribution in [0.4, 0.5) is 0 Å². The minimum atomic E-state index is -0.389. The van der Waals surface area contributed by atoms with Crippen LogP contribution < -0.4 is 0 Å². The largest absolute Gasteiger partial charge is 0.389 e. The predicted molar refractivity (Wildman–Crippen MR) is 41.0 cm³/mol. The number of aliphatic hydroxyl groups excluding tert-OH is 1. The third kappa shape index (κ3) is 3.15. The first-order valence-corrected chi connectivity index (χ1v) is 3.43. The lowest BCUT2D eigenvalue weighted by atomic mass is 10.2. The van der Waals surface area contributed by atoms with Crippen LogP contribution in [0.2, 0.25) is 0 Å². The van der Waals surface area contributed by atoms with Gasteiger partial charge in [0, 0.05) is 13.2 Å². The summed E-state index contributed by atoms with van der Waals surface area (Å²) in [5.74, 6) is 0. The van der Waals surface area contributed by atoms with Crippen LogP contribution in [0.15, 0.2) is 0 Å². The summed E-state index contributed by atoms with van der Waals surface area (Å²) in [6.07, 6.45) is -0.389. The lowest BCUT2D eigenvalue weighted by molar-refractivity contribution is 0.0171. The van der Waals surface area contributed by atoms with E-state index in [0.29, 0.717) is 6.61 Å². The molecule has 0 rings (SSSR count). The molecular weight excluding hydrogens is 130 g/mol. The molecule has 1 N–H and O–H groups in total.